The molecule has 12 heteroatoms. The number of aromatic nitrogens is 1. The van der Waals surface area contributed by atoms with Crippen LogP contribution in [-0.2, 0) is 29.0 Å². The number of ether oxygens (including phenoxy) is 1. The van der Waals surface area contributed by atoms with Crippen molar-refractivity contribution >= 4 is 44.2 Å². The highest BCUT2D eigenvalue weighted by atomic mass is 32.2. The van der Waals surface area contributed by atoms with E-state index < -0.39 is 10.0 Å². The molecule has 2 N–H and O–H groups in total. The predicted octanol–water partition coefficient (Wildman–Crippen LogP) is 4.93. The molecule has 1 saturated heterocycles. The van der Waals surface area contributed by atoms with E-state index >= 15 is 0 Å². The van der Waals surface area contributed by atoms with E-state index in [1.54, 1.807) is 25.1 Å². The van der Waals surface area contributed by atoms with E-state index in [0.29, 0.717) is 31.0 Å². The third kappa shape index (κ3) is 8.03. The maximum atomic E-state index is 13.7. The number of para-hydroxylation sites is 1. The van der Waals surface area contributed by atoms with Crippen LogP contribution in [0.1, 0.15) is 56.2 Å². The van der Waals surface area contributed by atoms with Gasteiger partial charge >= 0.3 is 6.03 Å². The zero-order valence-corrected chi connectivity index (χ0v) is 28.6. The Balaban J connectivity index is 0.00000259. The number of anilines is 2. The van der Waals surface area contributed by atoms with E-state index in [9.17, 15) is 18.0 Å². The fourth-order valence-electron chi connectivity index (χ4n) is 5.30. The van der Waals surface area contributed by atoms with Gasteiger partial charge in [-0.1, -0.05) is 52.8 Å². The number of piperazine rings is 1. The quantitative estimate of drug-likeness (QED) is 0.383. The molecule has 0 saturated carbocycles. The van der Waals surface area contributed by atoms with Crippen molar-refractivity contribution in [3.63, 3.8) is 0 Å². The van der Waals surface area contributed by atoms with Gasteiger partial charge in [0.25, 0.3) is 5.91 Å². The van der Waals surface area contributed by atoms with Gasteiger partial charge in [-0.25, -0.2) is 13.2 Å². The molecule has 3 amide bonds. The molecule has 0 radical (unpaired) electrons. The maximum Gasteiger partial charge on any atom is 0.319 e. The largest absolute Gasteiger partial charge is 0.492 e. The summed E-state index contributed by atoms with van der Waals surface area (Å²) in [7, 11) is 3.24. The van der Waals surface area contributed by atoms with Gasteiger partial charge in [0.2, 0.25) is 10.0 Å². The second-order valence-corrected chi connectivity index (χ2v) is 13.8. The summed E-state index contributed by atoms with van der Waals surface area (Å²) in [6.07, 6.45) is 1.07. The molecule has 0 aliphatic carbocycles. The monoisotopic (exact) mass is 628 g/mol. The predicted molar refractivity (Wildman–Crippen MR) is 178 cm³/mol. The molecule has 242 valence electrons. The second kappa shape index (κ2) is 13.9. The van der Waals surface area contributed by atoms with Gasteiger partial charge in [-0.05, 0) is 34.7 Å². The number of carbonyl (C=O) groups is 2. The molecular weight excluding hydrogens is 580 g/mol. The van der Waals surface area contributed by atoms with Gasteiger partial charge in [0.05, 0.1) is 30.3 Å². The molecule has 0 spiro atoms. The molecule has 2 heterocycles. The summed E-state index contributed by atoms with van der Waals surface area (Å²) in [6, 6.07) is 11.5. The van der Waals surface area contributed by atoms with Crippen LogP contribution in [-0.4, -0.2) is 93.3 Å². The van der Waals surface area contributed by atoms with Gasteiger partial charge < -0.3 is 24.4 Å². The van der Waals surface area contributed by atoms with Gasteiger partial charge in [-0.2, -0.15) is 0 Å². The molecule has 0 atom stereocenters. The Bertz CT molecular complexity index is 1600. The topological polar surface area (TPSA) is 116 Å². The number of fused-ring (bicyclic) bond motifs is 1. The summed E-state index contributed by atoms with van der Waals surface area (Å²) in [5.41, 5.74) is 3.65. The number of methoxy groups -OCH3 is 1. The van der Waals surface area contributed by atoms with Crippen molar-refractivity contribution < 1.29 is 22.7 Å². The molecular formula is C32H48N6O5S. The third-order valence-corrected chi connectivity index (χ3v) is 8.09. The minimum absolute atomic E-state index is 0.0266. The number of sulfonamides is 1. The minimum Gasteiger partial charge on any atom is -0.492 e. The number of urea groups is 1. The summed E-state index contributed by atoms with van der Waals surface area (Å²) in [5, 5.41) is 3.91. The van der Waals surface area contributed by atoms with E-state index in [1.807, 2.05) is 75.4 Å². The lowest BCUT2D eigenvalue weighted by Crippen LogP contribution is -2.51. The fourth-order valence-corrected chi connectivity index (χ4v) is 5.86. The number of aryl methyl sites for hydroxylation is 1. The van der Waals surface area contributed by atoms with Crippen molar-refractivity contribution in [2.45, 2.75) is 46.6 Å². The molecule has 4 rings (SSSR count). The van der Waals surface area contributed by atoms with Gasteiger partial charge in [0.1, 0.15) is 5.69 Å². The number of amides is 3. The van der Waals surface area contributed by atoms with E-state index in [-0.39, 0.29) is 28.8 Å². The van der Waals surface area contributed by atoms with Crippen LogP contribution in [0.25, 0.3) is 10.9 Å². The highest BCUT2D eigenvalue weighted by Gasteiger charge is 2.25. The smallest absolute Gasteiger partial charge is 0.319 e. The normalized spacial score (nSPS) is 14.1. The Labute approximate surface area is 262 Å². The molecule has 0 bridgehead atoms. The first-order valence-electron chi connectivity index (χ1n) is 14.9. The number of hydrogen-bond donors (Lipinski definition) is 2. The van der Waals surface area contributed by atoms with Crippen LogP contribution in [0.15, 0.2) is 36.4 Å². The zero-order valence-electron chi connectivity index (χ0n) is 27.7. The molecule has 1 aliphatic heterocycles. The van der Waals surface area contributed by atoms with Gasteiger partial charge in [0.15, 0.2) is 5.75 Å². The van der Waals surface area contributed by atoms with Crippen LogP contribution in [0.2, 0.25) is 0 Å². The number of nitrogens with zero attached hydrogens (tertiary/aromatic N) is 4. The number of nitrogens with one attached hydrogen (secondary N) is 2. The number of rotatable bonds is 7. The molecule has 44 heavy (non-hydrogen) atoms. The number of benzene rings is 2. The van der Waals surface area contributed by atoms with Crippen LogP contribution in [0.5, 0.6) is 5.75 Å². The van der Waals surface area contributed by atoms with Crippen molar-refractivity contribution in [2.75, 3.05) is 63.7 Å². The summed E-state index contributed by atoms with van der Waals surface area (Å²) in [4.78, 5) is 31.8. The van der Waals surface area contributed by atoms with E-state index in [2.05, 4.69) is 21.0 Å². The fraction of sp³-hybridized carbons (Fsp3) is 0.500. The van der Waals surface area contributed by atoms with E-state index in [1.165, 1.54) is 7.11 Å². The van der Waals surface area contributed by atoms with E-state index in [0.717, 1.165) is 41.4 Å². The molecule has 3 aromatic rings. The Kier molecular flexibility index (Phi) is 11.0. The lowest BCUT2D eigenvalue weighted by atomic mass is 9.86. The van der Waals surface area contributed by atoms with Crippen LogP contribution in [0, 0.1) is 0 Å². The van der Waals surface area contributed by atoms with Crippen molar-refractivity contribution in [1.29, 1.82) is 0 Å². The van der Waals surface area contributed by atoms with E-state index in [4.69, 9.17) is 4.74 Å². The maximum absolute atomic E-state index is 13.7. The minimum atomic E-state index is -3.59. The van der Waals surface area contributed by atoms with Gasteiger partial charge in [0, 0.05) is 59.3 Å². The molecule has 0 unspecified atom stereocenters. The first-order chi connectivity index (χ1) is 20.6. The standard InChI is InChI=1S/C30H42N6O5S.C2H6/c1-30(2,3)22-17-23(27(41-7)24(18-22)32-42(8,39)40)31-28(37)25-16-20-10-9-11-21(26(20)34(25)6)19-35-12-14-36(15-13-35)29(38)33(4)5;1-2/h9-11,16-18,32H,12-15,19H2,1-8H3,(H,31,37);1-2H3. The Morgan fingerprint density at radius 1 is 1.00 bits per heavy atom. The second-order valence-electron chi connectivity index (χ2n) is 12.1. The lowest BCUT2D eigenvalue weighted by Gasteiger charge is -2.36. The SMILES string of the molecule is CC.COc1c(NC(=O)c2cc3cccc(CN4CCN(C(=O)N(C)C)CC4)c3n2C)cc(C(C)(C)C)cc1NS(C)(=O)=O. The van der Waals surface area contributed by atoms with Crippen LogP contribution >= 0.6 is 0 Å². The van der Waals surface area contributed by atoms with Crippen LogP contribution in [0.4, 0.5) is 16.2 Å². The summed E-state index contributed by atoms with van der Waals surface area (Å²) < 4.78 is 34.2. The highest BCUT2D eigenvalue weighted by molar-refractivity contribution is 7.92. The molecule has 1 fully saturated rings. The van der Waals surface area contributed by atoms with Crippen LogP contribution < -0.4 is 14.8 Å². The molecule has 11 nitrogen and oxygen atoms in total. The van der Waals surface area contributed by atoms with Crippen LogP contribution in [0.3, 0.4) is 0 Å². The zero-order chi connectivity index (χ0) is 33.0. The highest BCUT2D eigenvalue weighted by Crippen LogP contribution is 2.39. The average Bonchev–Trinajstić information content (AvgIpc) is 3.30. The molecule has 1 aromatic heterocycles. The Hall–Kier alpha value is -3.77. The summed E-state index contributed by atoms with van der Waals surface area (Å²) in [5.74, 6) is -0.113. The Morgan fingerprint density at radius 3 is 2.16 bits per heavy atom. The van der Waals surface area contributed by atoms with Crippen molar-refractivity contribution in [1.82, 2.24) is 19.3 Å². The summed E-state index contributed by atoms with van der Waals surface area (Å²) in [6.45, 7) is 13.6. The van der Waals surface area contributed by atoms with Gasteiger partial charge in [-0.15, -0.1) is 0 Å². The first kappa shape index (κ1) is 34.7. The molecule has 1 aliphatic rings. The number of carbonyl (C=O) groups excluding carboxylic acids is 2. The van der Waals surface area contributed by atoms with Crippen molar-refractivity contribution in [2.24, 2.45) is 7.05 Å². The van der Waals surface area contributed by atoms with Crippen molar-refractivity contribution in [3.8, 4) is 5.75 Å². The number of hydrogen-bond acceptors (Lipinski definition) is 6. The lowest BCUT2D eigenvalue weighted by molar-refractivity contribution is 0.101. The average molecular weight is 629 g/mol. The first-order valence-corrected chi connectivity index (χ1v) is 16.8. The van der Waals surface area contributed by atoms with Gasteiger partial charge in [-0.3, -0.25) is 14.4 Å². The Morgan fingerprint density at radius 2 is 1.61 bits per heavy atom. The summed E-state index contributed by atoms with van der Waals surface area (Å²) >= 11 is 0. The third-order valence-electron chi connectivity index (χ3n) is 7.49. The molecule has 2 aromatic carbocycles. The van der Waals surface area contributed by atoms with Crippen molar-refractivity contribution in [3.05, 3.63) is 53.2 Å².